The molecule has 2 unspecified atom stereocenters. The fourth-order valence-electron chi connectivity index (χ4n) is 4.10. The van der Waals surface area contributed by atoms with Gasteiger partial charge in [0.2, 0.25) is 0 Å². The Kier molecular flexibility index (Phi) is 9.86. The molecule has 0 spiro atoms. The van der Waals surface area contributed by atoms with Gasteiger partial charge in [0.25, 0.3) is 0 Å². The average Bonchev–Trinajstić information content (AvgIpc) is 2.78. The average molecular weight is 429 g/mol. The molecule has 4 N–H and O–H groups in total. The maximum Gasteiger partial charge on any atom is 0.122 e. The minimum Gasteiger partial charge on any atom is -0.507 e. The molecule has 0 aliphatic rings. The third kappa shape index (κ3) is 6.47. The monoisotopic (exact) mass is 428 g/mol. The standard InChI is InChI=1S/C27H40O4/c1-5-18(3)24-15-20(9-7-11-28)13-22(26(24)30)17-23-14-21(10-8-12-29)16-25(27(23)31)19(4)6-2/h13-16,18-19,28-31H,5-12,17H2,1-4H3. The Labute approximate surface area is 187 Å². The van der Waals surface area contributed by atoms with Gasteiger partial charge in [-0.2, -0.15) is 0 Å². The fourth-order valence-corrected chi connectivity index (χ4v) is 4.10. The van der Waals surface area contributed by atoms with Crippen molar-refractivity contribution in [3.63, 3.8) is 0 Å². The summed E-state index contributed by atoms with van der Waals surface area (Å²) in [5.74, 6) is 1.08. The molecular formula is C27H40O4. The Bertz CT molecular complexity index is 774. The molecule has 172 valence electrons. The highest BCUT2D eigenvalue weighted by atomic mass is 16.3. The lowest BCUT2D eigenvalue weighted by atomic mass is 9.87. The lowest BCUT2D eigenvalue weighted by Crippen LogP contribution is -2.03. The largest absolute Gasteiger partial charge is 0.507 e. The van der Waals surface area contributed by atoms with Gasteiger partial charge in [-0.1, -0.05) is 52.0 Å². The van der Waals surface area contributed by atoms with Crippen LogP contribution in [0.3, 0.4) is 0 Å². The molecule has 2 aromatic rings. The van der Waals surface area contributed by atoms with E-state index in [2.05, 4.69) is 39.8 Å². The van der Waals surface area contributed by atoms with Crippen molar-refractivity contribution in [3.8, 4) is 11.5 Å². The summed E-state index contributed by atoms with van der Waals surface area (Å²) in [6, 6.07) is 8.15. The van der Waals surface area contributed by atoms with Crippen molar-refractivity contribution < 1.29 is 20.4 Å². The molecule has 0 saturated carbocycles. The SMILES string of the molecule is CCC(C)c1cc(CCCO)cc(Cc2cc(CCCO)cc(C(C)CC)c2O)c1O. The molecular weight excluding hydrogens is 388 g/mol. The summed E-state index contributed by atoms with van der Waals surface area (Å²) in [6.07, 6.45) is 5.19. The van der Waals surface area contributed by atoms with Crippen LogP contribution in [0.5, 0.6) is 11.5 Å². The predicted molar refractivity (Wildman–Crippen MR) is 127 cm³/mol. The Balaban J connectivity index is 2.54. The molecule has 0 aliphatic heterocycles. The van der Waals surface area contributed by atoms with Crippen molar-refractivity contribution in [2.75, 3.05) is 13.2 Å². The molecule has 2 rings (SSSR count). The summed E-state index contributed by atoms with van der Waals surface area (Å²) in [6.45, 7) is 8.73. The van der Waals surface area contributed by atoms with Gasteiger partial charge < -0.3 is 20.4 Å². The number of hydrogen-bond acceptors (Lipinski definition) is 4. The first-order valence-corrected chi connectivity index (χ1v) is 11.8. The molecule has 0 amide bonds. The molecule has 2 aromatic carbocycles. The number of aliphatic hydroxyl groups is 2. The third-order valence-electron chi connectivity index (χ3n) is 6.47. The zero-order valence-electron chi connectivity index (χ0n) is 19.6. The van der Waals surface area contributed by atoms with E-state index < -0.39 is 0 Å². The van der Waals surface area contributed by atoms with Gasteiger partial charge in [-0.05, 0) is 83.7 Å². The Hall–Kier alpha value is -2.04. The van der Waals surface area contributed by atoms with E-state index in [1.807, 2.05) is 12.1 Å². The first kappa shape index (κ1) is 25.2. The fraction of sp³-hybridized carbons (Fsp3) is 0.556. The molecule has 0 fully saturated rings. The Morgan fingerprint density at radius 2 is 1.06 bits per heavy atom. The number of rotatable bonds is 12. The summed E-state index contributed by atoms with van der Waals surface area (Å²) >= 11 is 0. The zero-order chi connectivity index (χ0) is 23.0. The zero-order valence-corrected chi connectivity index (χ0v) is 19.6. The summed E-state index contributed by atoms with van der Waals surface area (Å²) in [5, 5.41) is 40.6. The number of hydrogen-bond donors (Lipinski definition) is 4. The van der Waals surface area contributed by atoms with E-state index in [-0.39, 0.29) is 25.0 Å². The van der Waals surface area contributed by atoms with Crippen LogP contribution in [0.4, 0.5) is 0 Å². The van der Waals surface area contributed by atoms with E-state index >= 15 is 0 Å². The second-order valence-corrected chi connectivity index (χ2v) is 8.84. The topological polar surface area (TPSA) is 80.9 Å². The number of aliphatic hydroxyl groups excluding tert-OH is 2. The highest BCUT2D eigenvalue weighted by Crippen LogP contribution is 2.38. The van der Waals surface area contributed by atoms with E-state index in [1.54, 1.807) is 0 Å². The van der Waals surface area contributed by atoms with Crippen LogP contribution in [-0.4, -0.2) is 33.6 Å². The van der Waals surface area contributed by atoms with Crippen LogP contribution in [-0.2, 0) is 19.3 Å². The minimum absolute atomic E-state index is 0.140. The molecule has 4 nitrogen and oxygen atoms in total. The minimum atomic E-state index is 0.140. The van der Waals surface area contributed by atoms with Crippen LogP contribution in [0.2, 0.25) is 0 Å². The maximum absolute atomic E-state index is 11.1. The molecule has 4 heteroatoms. The number of benzene rings is 2. The van der Waals surface area contributed by atoms with E-state index in [9.17, 15) is 20.4 Å². The predicted octanol–water partition coefficient (Wildman–Crippen LogP) is 5.57. The molecule has 31 heavy (non-hydrogen) atoms. The third-order valence-corrected chi connectivity index (χ3v) is 6.47. The first-order chi connectivity index (χ1) is 14.9. The molecule has 0 saturated heterocycles. The van der Waals surface area contributed by atoms with Gasteiger partial charge in [0.1, 0.15) is 11.5 Å². The van der Waals surface area contributed by atoms with Crippen LogP contribution < -0.4 is 0 Å². The van der Waals surface area contributed by atoms with Crippen LogP contribution in [0, 0.1) is 0 Å². The van der Waals surface area contributed by atoms with Gasteiger partial charge in [0.05, 0.1) is 0 Å². The first-order valence-electron chi connectivity index (χ1n) is 11.8. The molecule has 0 heterocycles. The van der Waals surface area contributed by atoms with Crippen molar-refractivity contribution in [2.24, 2.45) is 0 Å². The summed E-state index contributed by atoms with van der Waals surface area (Å²) in [7, 11) is 0. The van der Waals surface area contributed by atoms with Crippen molar-refractivity contribution in [1.29, 1.82) is 0 Å². The number of aromatic hydroxyl groups is 2. The van der Waals surface area contributed by atoms with Crippen molar-refractivity contribution in [1.82, 2.24) is 0 Å². The van der Waals surface area contributed by atoms with E-state index in [0.29, 0.717) is 30.8 Å². The lowest BCUT2D eigenvalue weighted by molar-refractivity contribution is 0.288. The van der Waals surface area contributed by atoms with Crippen LogP contribution >= 0.6 is 0 Å². The maximum atomic E-state index is 11.1. The van der Waals surface area contributed by atoms with Gasteiger partial charge in [-0.3, -0.25) is 0 Å². The van der Waals surface area contributed by atoms with E-state index in [0.717, 1.165) is 59.1 Å². The van der Waals surface area contributed by atoms with E-state index in [1.165, 1.54) is 0 Å². The molecule has 0 bridgehead atoms. The van der Waals surface area contributed by atoms with Crippen LogP contribution in [0.1, 0.15) is 98.6 Å². The molecule has 0 aromatic heterocycles. The molecule has 0 aliphatic carbocycles. The number of aryl methyl sites for hydroxylation is 2. The van der Waals surface area contributed by atoms with Crippen LogP contribution in [0.25, 0.3) is 0 Å². The second-order valence-electron chi connectivity index (χ2n) is 8.84. The highest BCUT2D eigenvalue weighted by molar-refractivity contribution is 5.52. The van der Waals surface area contributed by atoms with Gasteiger partial charge in [-0.25, -0.2) is 0 Å². The lowest BCUT2D eigenvalue weighted by Gasteiger charge is -2.20. The summed E-state index contributed by atoms with van der Waals surface area (Å²) in [5.41, 5.74) is 5.72. The normalized spacial score (nSPS) is 13.4. The van der Waals surface area contributed by atoms with Gasteiger partial charge >= 0.3 is 0 Å². The number of phenols is 2. The van der Waals surface area contributed by atoms with E-state index in [4.69, 9.17) is 0 Å². The molecule has 0 radical (unpaired) electrons. The van der Waals surface area contributed by atoms with Crippen molar-refractivity contribution >= 4 is 0 Å². The Morgan fingerprint density at radius 3 is 1.39 bits per heavy atom. The van der Waals surface area contributed by atoms with Gasteiger partial charge in [0, 0.05) is 19.6 Å². The quantitative estimate of drug-likeness (QED) is 0.356. The van der Waals surface area contributed by atoms with Gasteiger partial charge in [-0.15, -0.1) is 0 Å². The van der Waals surface area contributed by atoms with Crippen molar-refractivity contribution in [2.45, 2.75) is 84.5 Å². The van der Waals surface area contributed by atoms with Crippen LogP contribution in [0.15, 0.2) is 24.3 Å². The van der Waals surface area contributed by atoms with Gasteiger partial charge in [0.15, 0.2) is 0 Å². The Morgan fingerprint density at radius 1 is 0.677 bits per heavy atom. The second kappa shape index (κ2) is 12.1. The molecule has 2 atom stereocenters. The van der Waals surface area contributed by atoms with Crippen molar-refractivity contribution in [3.05, 3.63) is 57.6 Å². The summed E-state index contributed by atoms with van der Waals surface area (Å²) < 4.78 is 0. The summed E-state index contributed by atoms with van der Waals surface area (Å²) in [4.78, 5) is 0. The number of phenolic OH excluding ortho intramolecular Hbond substituents is 2. The highest BCUT2D eigenvalue weighted by Gasteiger charge is 2.19. The smallest absolute Gasteiger partial charge is 0.122 e.